The van der Waals surface area contributed by atoms with Gasteiger partial charge in [-0.1, -0.05) is 25.4 Å². The zero-order valence-electron chi connectivity index (χ0n) is 10.8. The fourth-order valence-corrected chi connectivity index (χ4v) is 1.56. The molecular weight excluding hydrogens is 255 g/mol. The molecule has 0 heterocycles. The molecule has 5 heteroatoms. The average molecular weight is 275 g/mol. The Bertz CT molecular complexity index is 385. The molecule has 0 aliphatic heterocycles. The van der Waals surface area contributed by atoms with Gasteiger partial charge in [-0.3, -0.25) is 0 Å². The average Bonchev–Trinajstić information content (AvgIpc) is 2.29. The van der Waals surface area contributed by atoms with E-state index in [0.29, 0.717) is 30.4 Å². The predicted octanol–water partition coefficient (Wildman–Crippen LogP) is 3.54. The Kier molecular flexibility index (Phi) is 6.22. The number of nitrogens with two attached hydrogens (primary N) is 1. The minimum atomic E-state index is -0.507. The zero-order chi connectivity index (χ0) is 13.5. The van der Waals surface area contributed by atoms with Gasteiger partial charge in [0.25, 0.3) is 0 Å². The number of halogens is 2. The highest BCUT2D eigenvalue weighted by molar-refractivity contribution is 6.31. The fourth-order valence-electron chi connectivity index (χ4n) is 1.39. The number of hydrogen-bond acceptors (Lipinski definition) is 3. The first-order valence-corrected chi connectivity index (χ1v) is 6.44. The van der Waals surface area contributed by atoms with Gasteiger partial charge in [0.05, 0.1) is 23.0 Å². The van der Waals surface area contributed by atoms with Gasteiger partial charge >= 0.3 is 0 Å². The number of nitrogen functional groups attached to an aromatic ring is 1. The van der Waals surface area contributed by atoms with Crippen molar-refractivity contribution in [3.8, 4) is 0 Å². The molecule has 1 aromatic carbocycles. The Balaban J connectivity index is 2.29. The van der Waals surface area contributed by atoms with Gasteiger partial charge in [-0.25, -0.2) is 4.39 Å². The second kappa shape index (κ2) is 7.44. The third kappa shape index (κ3) is 5.10. The summed E-state index contributed by atoms with van der Waals surface area (Å²) in [6.07, 6.45) is 1.05. The van der Waals surface area contributed by atoms with E-state index in [0.717, 1.165) is 13.0 Å². The summed E-state index contributed by atoms with van der Waals surface area (Å²) in [6, 6.07) is 2.70. The highest BCUT2D eigenvalue weighted by Crippen LogP contribution is 2.25. The van der Waals surface area contributed by atoms with Gasteiger partial charge in [0, 0.05) is 19.2 Å². The highest BCUT2D eigenvalue weighted by Gasteiger charge is 2.05. The molecule has 0 saturated heterocycles. The number of rotatable bonds is 7. The predicted molar refractivity (Wildman–Crippen MR) is 74.6 cm³/mol. The van der Waals surface area contributed by atoms with E-state index in [-0.39, 0.29) is 5.02 Å². The third-order valence-electron chi connectivity index (χ3n) is 2.49. The Morgan fingerprint density at radius 1 is 1.39 bits per heavy atom. The van der Waals surface area contributed by atoms with E-state index < -0.39 is 5.82 Å². The number of benzene rings is 1. The molecule has 0 unspecified atom stereocenters. The van der Waals surface area contributed by atoms with Crippen LogP contribution < -0.4 is 11.1 Å². The van der Waals surface area contributed by atoms with E-state index in [1.165, 1.54) is 12.1 Å². The van der Waals surface area contributed by atoms with E-state index in [1.54, 1.807) is 0 Å². The van der Waals surface area contributed by atoms with Gasteiger partial charge in [0.15, 0.2) is 0 Å². The molecule has 0 aromatic heterocycles. The first-order valence-electron chi connectivity index (χ1n) is 6.07. The van der Waals surface area contributed by atoms with E-state index in [9.17, 15) is 4.39 Å². The van der Waals surface area contributed by atoms with Crippen molar-refractivity contribution in [2.45, 2.75) is 20.3 Å². The maximum Gasteiger partial charge on any atom is 0.143 e. The molecule has 0 aliphatic carbocycles. The molecule has 0 spiro atoms. The van der Waals surface area contributed by atoms with Crippen LogP contribution in [0.3, 0.4) is 0 Å². The van der Waals surface area contributed by atoms with Crippen LogP contribution in [-0.4, -0.2) is 19.8 Å². The van der Waals surface area contributed by atoms with Crippen molar-refractivity contribution in [2.24, 2.45) is 5.92 Å². The van der Waals surface area contributed by atoms with Crippen LogP contribution in [-0.2, 0) is 4.74 Å². The second-order valence-electron chi connectivity index (χ2n) is 4.58. The molecule has 18 heavy (non-hydrogen) atoms. The Labute approximate surface area is 112 Å². The fraction of sp³-hybridized carbons (Fsp3) is 0.538. The molecule has 0 radical (unpaired) electrons. The molecule has 0 fully saturated rings. The smallest absolute Gasteiger partial charge is 0.143 e. The number of hydrogen-bond donors (Lipinski definition) is 2. The summed E-state index contributed by atoms with van der Waals surface area (Å²) < 4.78 is 18.5. The van der Waals surface area contributed by atoms with E-state index in [4.69, 9.17) is 22.1 Å². The van der Waals surface area contributed by atoms with Crippen LogP contribution in [0, 0.1) is 11.7 Å². The van der Waals surface area contributed by atoms with Crippen molar-refractivity contribution in [1.29, 1.82) is 0 Å². The van der Waals surface area contributed by atoms with Crippen LogP contribution in [0.4, 0.5) is 15.8 Å². The van der Waals surface area contributed by atoms with Crippen LogP contribution in [0.15, 0.2) is 12.1 Å². The lowest BCUT2D eigenvalue weighted by atomic mass is 10.1. The summed E-state index contributed by atoms with van der Waals surface area (Å²) >= 11 is 5.68. The van der Waals surface area contributed by atoms with Gasteiger partial charge < -0.3 is 15.8 Å². The maximum absolute atomic E-state index is 13.1. The SMILES string of the molecule is CC(C)CCOCCNc1cc(Cl)c(F)cc1N. The molecule has 0 atom stereocenters. The van der Waals surface area contributed by atoms with Gasteiger partial charge in [0.1, 0.15) is 5.82 Å². The Morgan fingerprint density at radius 3 is 2.78 bits per heavy atom. The number of anilines is 2. The summed E-state index contributed by atoms with van der Waals surface area (Å²) in [5, 5.41) is 3.13. The lowest BCUT2D eigenvalue weighted by molar-refractivity contribution is 0.132. The number of nitrogens with one attached hydrogen (secondary N) is 1. The molecule has 3 N–H and O–H groups in total. The molecule has 102 valence electrons. The van der Waals surface area contributed by atoms with Crippen LogP contribution in [0.1, 0.15) is 20.3 Å². The van der Waals surface area contributed by atoms with Crippen LogP contribution in [0.5, 0.6) is 0 Å². The lowest BCUT2D eigenvalue weighted by Gasteiger charge is -2.11. The molecule has 3 nitrogen and oxygen atoms in total. The van der Waals surface area contributed by atoms with E-state index in [2.05, 4.69) is 19.2 Å². The minimum Gasteiger partial charge on any atom is -0.397 e. The quantitative estimate of drug-likeness (QED) is 0.591. The first kappa shape index (κ1) is 15.1. The van der Waals surface area contributed by atoms with Gasteiger partial charge in [-0.2, -0.15) is 0 Å². The molecule has 0 saturated carbocycles. The zero-order valence-corrected chi connectivity index (χ0v) is 11.6. The lowest BCUT2D eigenvalue weighted by Crippen LogP contribution is -2.12. The molecular formula is C13H20ClFN2O. The summed E-state index contributed by atoms with van der Waals surface area (Å²) in [7, 11) is 0. The molecule has 1 aromatic rings. The highest BCUT2D eigenvalue weighted by atomic mass is 35.5. The minimum absolute atomic E-state index is 0.0624. The monoisotopic (exact) mass is 274 g/mol. The molecule has 0 aliphatic rings. The first-order chi connectivity index (χ1) is 8.50. The van der Waals surface area contributed by atoms with E-state index in [1.807, 2.05) is 0 Å². The summed E-state index contributed by atoms with van der Waals surface area (Å²) in [4.78, 5) is 0. The topological polar surface area (TPSA) is 47.3 Å². The van der Waals surface area contributed by atoms with Crippen LogP contribution >= 0.6 is 11.6 Å². The van der Waals surface area contributed by atoms with Crippen molar-refractivity contribution in [1.82, 2.24) is 0 Å². The van der Waals surface area contributed by atoms with Crippen LogP contribution in [0.2, 0.25) is 5.02 Å². The molecule has 0 bridgehead atoms. The summed E-state index contributed by atoms with van der Waals surface area (Å²) in [5.41, 5.74) is 6.65. The van der Waals surface area contributed by atoms with Crippen molar-refractivity contribution in [3.05, 3.63) is 23.0 Å². The largest absolute Gasteiger partial charge is 0.397 e. The number of ether oxygens (including phenoxy) is 1. The Hall–Kier alpha value is -1.00. The van der Waals surface area contributed by atoms with Gasteiger partial charge in [0.2, 0.25) is 0 Å². The van der Waals surface area contributed by atoms with Gasteiger partial charge in [-0.15, -0.1) is 0 Å². The van der Waals surface area contributed by atoms with Crippen LogP contribution in [0.25, 0.3) is 0 Å². The summed E-state index contributed by atoms with van der Waals surface area (Å²) in [5.74, 6) is 0.136. The molecule has 1 rings (SSSR count). The van der Waals surface area contributed by atoms with Crippen molar-refractivity contribution >= 4 is 23.0 Å². The Morgan fingerprint density at radius 2 is 2.11 bits per heavy atom. The molecule has 0 amide bonds. The second-order valence-corrected chi connectivity index (χ2v) is 4.98. The van der Waals surface area contributed by atoms with Crippen molar-refractivity contribution in [3.63, 3.8) is 0 Å². The van der Waals surface area contributed by atoms with E-state index >= 15 is 0 Å². The maximum atomic E-state index is 13.1. The van der Waals surface area contributed by atoms with Gasteiger partial charge in [-0.05, 0) is 18.4 Å². The third-order valence-corrected chi connectivity index (χ3v) is 2.78. The normalized spacial score (nSPS) is 10.9. The standard InChI is InChI=1S/C13H20ClFN2O/c1-9(2)3-5-18-6-4-17-13-7-10(14)11(15)8-12(13)16/h7-9,17H,3-6,16H2,1-2H3. The van der Waals surface area contributed by atoms with Crippen molar-refractivity contribution in [2.75, 3.05) is 30.8 Å². The van der Waals surface area contributed by atoms with Crippen molar-refractivity contribution < 1.29 is 9.13 Å². The summed E-state index contributed by atoms with van der Waals surface area (Å²) in [6.45, 7) is 6.26.